The lowest BCUT2D eigenvalue weighted by Crippen LogP contribution is -2.56. The van der Waals surface area contributed by atoms with Gasteiger partial charge in [-0.1, -0.05) is 76.8 Å². The van der Waals surface area contributed by atoms with Crippen molar-refractivity contribution in [1.82, 2.24) is 5.32 Å². The number of phenols is 1. The van der Waals surface area contributed by atoms with Crippen LogP contribution in [-0.2, 0) is 30.4 Å². The number of phenolic OH excluding ortho intramolecular Hbond substituents is 1. The zero-order valence-corrected chi connectivity index (χ0v) is 24.6. The maximum atomic E-state index is 13.2. The first-order chi connectivity index (χ1) is 19.9. The van der Waals surface area contributed by atoms with Gasteiger partial charge < -0.3 is 30.8 Å². The van der Waals surface area contributed by atoms with Crippen molar-refractivity contribution in [3.63, 3.8) is 0 Å². The number of carbonyl (C=O) groups excluding carboxylic acids is 2. The molecule has 0 radical (unpaired) electrons. The van der Waals surface area contributed by atoms with Crippen molar-refractivity contribution in [2.24, 2.45) is 5.92 Å². The SMILES string of the molecule is CCCCCCCC(=O)CCCCCCCC[C@H](C(=O)N[C@@H](Cc1ccc(O)cc1)C(=O)O)[C@@](O)(CC(=O)O)C(=O)O. The summed E-state index contributed by atoms with van der Waals surface area (Å²) in [6.45, 7) is 2.15. The van der Waals surface area contributed by atoms with Crippen molar-refractivity contribution < 1.29 is 49.5 Å². The number of carboxylic acid groups (broad SMARTS) is 3. The van der Waals surface area contributed by atoms with E-state index in [0.717, 1.165) is 51.4 Å². The van der Waals surface area contributed by atoms with Crippen LogP contribution in [0.3, 0.4) is 0 Å². The second-order valence-corrected chi connectivity index (χ2v) is 11.0. The number of Topliss-reactive ketones (excluding diaryl/α,β-unsaturated/α-hetero) is 1. The summed E-state index contributed by atoms with van der Waals surface area (Å²) >= 11 is 0. The second kappa shape index (κ2) is 19.6. The fourth-order valence-electron chi connectivity index (χ4n) is 4.93. The molecule has 1 aromatic carbocycles. The number of rotatable bonds is 24. The molecule has 0 aliphatic rings. The third-order valence-corrected chi connectivity index (χ3v) is 7.43. The Hall–Kier alpha value is -3.47. The minimum absolute atomic E-state index is 0.0310. The Kier molecular flexibility index (Phi) is 17.1. The summed E-state index contributed by atoms with van der Waals surface area (Å²) < 4.78 is 0. The Balaban J connectivity index is 2.69. The van der Waals surface area contributed by atoms with Crippen LogP contribution in [-0.4, -0.2) is 66.8 Å². The Morgan fingerprint density at radius 1 is 0.786 bits per heavy atom. The van der Waals surface area contributed by atoms with Gasteiger partial charge in [-0.15, -0.1) is 0 Å². The number of hydrogen-bond donors (Lipinski definition) is 6. The lowest BCUT2D eigenvalue weighted by atomic mass is 9.80. The Morgan fingerprint density at radius 3 is 1.81 bits per heavy atom. The average Bonchev–Trinajstić information content (AvgIpc) is 2.92. The summed E-state index contributed by atoms with van der Waals surface area (Å²) in [4.78, 5) is 60.4. The Bertz CT molecular complexity index is 1010. The van der Waals surface area contributed by atoms with Gasteiger partial charge in [0.25, 0.3) is 0 Å². The largest absolute Gasteiger partial charge is 0.508 e. The highest BCUT2D eigenvalue weighted by Gasteiger charge is 2.49. The third-order valence-electron chi connectivity index (χ3n) is 7.43. The number of nitrogens with one attached hydrogen (secondary N) is 1. The summed E-state index contributed by atoms with van der Waals surface area (Å²) in [5.74, 6) is -7.43. The minimum Gasteiger partial charge on any atom is -0.508 e. The lowest BCUT2D eigenvalue weighted by molar-refractivity contribution is -0.175. The number of ketones is 1. The van der Waals surface area contributed by atoms with E-state index in [1.165, 1.54) is 30.7 Å². The van der Waals surface area contributed by atoms with E-state index in [2.05, 4.69) is 12.2 Å². The highest BCUT2D eigenvalue weighted by atomic mass is 16.4. The third kappa shape index (κ3) is 13.9. The van der Waals surface area contributed by atoms with E-state index in [1.54, 1.807) is 0 Å². The maximum absolute atomic E-state index is 13.2. The van der Waals surface area contributed by atoms with Crippen molar-refractivity contribution >= 4 is 29.6 Å². The van der Waals surface area contributed by atoms with E-state index < -0.39 is 47.8 Å². The number of unbranched alkanes of at least 4 members (excludes halogenated alkanes) is 9. The van der Waals surface area contributed by atoms with Gasteiger partial charge in [-0.3, -0.25) is 14.4 Å². The first-order valence-corrected chi connectivity index (χ1v) is 14.9. The standard InChI is InChI=1S/C31H47NO10/c1-2-3-4-7-10-13-23(33)14-11-8-5-6-9-12-15-25(31(42,30(40)41)21-27(35)36)28(37)32-26(29(38)39)20-22-16-18-24(34)19-17-22/h16-19,25-26,34,42H,2-15,20-21H2,1H3,(H,32,37)(H,35,36)(H,38,39)(H,40,41)/t25-,26+,31+/m1/s1. The minimum atomic E-state index is -2.94. The molecule has 0 saturated carbocycles. The van der Waals surface area contributed by atoms with Gasteiger partial charge in [0.1, 0.15) is 17.6 Å². The van der Waals surface area contributed by atoms with Crippen LogP contribution in [0.4, 0.5) is 0 Å². The Morgan fingerprint density at radius 2 is 1.31 bits per heavy atom. The molecule has 0 fully saturated rings. The van der Waals surface area contributed by atoms with E-state index >= 15 is 0 Å². The van der Waals surface area contributed by atoms with Crippen molar-refractivity contribution in [2.45, 2.75) is 121 Å². The summed E-state index contributed by atoms with van der Waals surface area (Å²) in [5.41, 5.74) is -2.46. The second-order valence-electron chi connectivity index (χ2n) is 11.0. The van der Waals surface area contributed by atoms with E-state index in [-0.39, 0.29) is 24.4 Å². The highest BCUT2D eigenvalue weighted by Crippen LogP contribution is 2.29. The van der Waals surface area contributed by atoms with Gasteiger partial charge in [0.2, 0.25) is 5.91 Å². The Labute approximate surface area is 247 Å². The van der Waals surface area contributed by atoms with E-state index in [4.69, 9.17) is 0 Å². The molecule has 0 saturated heterocycles. The molecule has 3 atom stereocenters. The number of benzene rings is 1. The smallest absolute Gasteiger partial charge is 0.337 e. The van der Waals surface area contributed by atoms with E-state index in [1.807, 2.05) is 0 Å². The van der Waals surface area contributed by atoms with Crippen LogP contribution >= 0.6 is 0 Å². The molecule has 11 heteroatoms. The van der Waals surface area contributed by atoms with Gasteiger partial charge in [-0.05, 0) is 37.0 Å². The van der Waals surface area contributed by atoms with Gasteiger partial charge in [-0.2, -0.15) is 0 Å². The van der Waals surface area contributed by atoms with Crippen molar-refractivity contribution in [1.29, 1.82) is 0 Å². The quantitative estimate of drug-likeness (QED) is 0.0930. The zero-order valence-electron chi connectivity index (χ0n) is 24.6. The van der Waals surface area contributed by atoms with Crippen LogP contribution in [0.15, 0.2) is 24.3 Å². The predicted octanol–water partition coefficient (Wildman–Crippen LogP) is 4.46. The molecule has 0 aliphatic carbocycles. The normalized spacial score (nSPS) is 14.0. The number of carbonyl (C=O) groups is 5. The molecule has 1 aromatic rings. The monoisotopic (exact) mass is 593 g/mol. The molecular formula is C31H47NO10. The van der Waals surface area contributed by atoms with Crippen LogP contribution in [0.25, 0.3) is 0 Å². The molecule has 0 heterocycles. The van der Waals surface area contributed by atoms with Gasteiger partial charge in [0.15, 0.2) is 5.60 Å². The first-order valence-electron chi connectivity index (χ1n) is 14.9. The summed E-state index contributed by atoms with van der Waals surface area (Å²) in [5, 5.41) is 51.1. The molecule has 1 rings (SSSR count). The van der Waals surface area contributed by atoms with Crippen LogP contribution in [0, 0.1) is 5.92 Å². The van der Waals surface area contributed by atoms with E-state index in [9.17, 15) is 49.5 Å². The van der Waals surface area contributed by atoms with Gasteiger partial charge in [-0.25, -0.2) is 9.59 Å². The average molecular weight is 594 g/mol. The number of aliphatic carboxylic acids is 3. The molecule has 1 amide bonds. The molecule has 11 nitrogen and oxygen atoms in total. The highest BCUT2D eigenvalue weighted by molar-refractivity contribution is 5.93. The van der Waals surface area contributed by atoms with Crippen molar-refractivity contribution in [2.75, 3.05) is 0 Å². The lowest BCUT2D eigenvalue weighted by Gasteiger charge is -2.31. The van der Waals surface area contributed by atoms with Gasteiger partial charge in [0, 0.05) is 19.3 Å². The topological polar surface area (TPSA) is 199 Å². The van der Waals surface area contributed by atoms with Crippen LogP contribution in [0.1, 0.15) is 109 Å². The number of amides is 1. The maximum Gasteiger partial charge on any atom is 0.337 e. The van der Waals surface area contributed by atoms with Crippen molar-refractivity contribution in [3.05, 3.63) is 29.8 Å². The number of carboxylic acids is 3. The predicted molar refractivity (Wildman–Crippen MR) is 155 cm³/mol. The summed E-state index contributed by atoms with van der Waals surface area (Å²) in [7, 11) is 0. The summed E-state index contributed by atoms with van der Waals surface area (Å²) in [6, 6.07) is 4.16. The molecule has 0 spiro atoms. The molecule has 236 valence electrons. The van der Waals surface area contributed by atoms with Crippen LogP contribution < -0.4 is 5.32 Å². The number of hydrogen-bond acceptors (Lipinski definition) is 7. The molecule has 0 unspecified atom stereocenters. The van der Waals surface area contributed by atoms with Gasteiger partial charge >= 0.3 is 17.9 Å². The van der Waals surface area contributed by atoms with E-state index in [0.29, 0.717) is 31.2 Å². The van der Waals surface area contributed by atoms with Crippen LogP contribution in [0.2, 0.25) is 0 Å². The first kappa shape index (κ1) is 36.6. The van der Waals surface area contributed by atoms with Crippen LogP contribution in [0.5, 0.6) is 5.75 Å². The fraction of sp³-hybridized carbons (Fsp3) is 0.645. The molecular weight excluding hydrogens is 546 g/mol. The van der Waals surface area contributed by atoms with Crippen molar-refractivity contribution in [3.8, 4) is 5.75 Å². The fourth-order valence-corrected chi connectivity index (χ4v) is 4.93. The number of aliphatic hydroxyl groups is 1. The summed E-state index contributed by atoms with van der Waals surface area (Å²) in [6.07, 6.45) is 9.20. The molecule has 6 N–H and O–H groups in total. The molecule has 42 heavy (non-hydrogen) atoms. The molecule has 0 aromatic heterocycles. The molecule has 0 bridgehead atoms. The zero-order chi connectivity index (χ0) is 31.5. The number of aromatic hydroxyl groups is 1. The van der Waals surface area contributed by atoms with Gasteiger partial charge in [0.05, 0.1) is 12.3 Å². The molecule has 0 aliphatic heterocycles.